The van der Waals surface area contributed by atoms with E-state index in [1.165, 1.54) is 5.56 Å². The fraction of sp³-hybridized carbons (Fsp3) is 0.524. The number of nitrogens with zero attached hydrogens (tertiary/aromatic N) is 2. The minimum atomic E-state index is -0.235. The lowest BCUT2D eigenvalue weighted by Crippen LogP contribution is -2.48. The van der Waals surface area contributed by atoms with Crippen molar-refractivity contribution < 1.29 is 14.4 Å². The number of hydrogen-bond acceptors (Lipinski definition) is 4. The zero-order valence-electron chi connectivity index (χ0n) is 15.7. The monoisotopic (exact) mass is 356 g/mol. The van der Waals surface area contributed by atoms with Crippen molar-refractivity contribution >= 4 is 5.91 Å². The quantitative estimate of drug-likeness (QED) is 0.861. The molecule has 2 aromatic rings. The van der Waals surface area contributed by atoms with Gasteiger partial charge < -0.3 is 14.5 Å². The predicted molar refractivity (Wildman–Crippen MR) is 100 cm³/mol. The van der Waals surface area contributed by atoms with Gasteiger partial charge in [-0.1, -0.05) is 42.4 Å². The Hall–Kier alpha value is -2.14. The van der Waals surface area contributed by atoms with E-state index in [-0.39, 0.29) is 17.9 Å². The lowest BCUT2D eigenvalue weighted by Gasteiger charge is -2.42. The van der Waals surface area contributed by atoms with Crippen LogP contribution in [0.3, 0.4) is 0 Å². The lowest BCUT2D eigenvalue weighted by molar-refractivity contribution is 0.0226. The van der Waals surface area contributed by atoms with Gasteiger partial charge in [0.15, 0.2) is 0 Å². The number of benzene rings is 1. The van der Waals surface area contributed by atoms with Crippen molar-refractivity contribution in [2.45, 2.75) is 46.0 Å². The lowest BCUT2D eigenvalue weighted by atomic mass is 9.76. The van der Waals surface area contributed by atoms with Gasteiger partial charge in [-0.3, -0.25) is 4.79 Å². The Bertz CT molecular complexity index is 741. The van der Waals surface area contributed by atoms with Gasteiger partial charge in [-0.25, -0.2) is 0 Å². The molecule has 26 heavy (non-hydrogen) atoms. The number of hydrogen-bond donors (Lipinski definition) is 1. The molecule has 0 bridgehead atoms. The van der Waals surface area contributed by atoms with Gasteiger partial charge in [0.2, 0.25) is 0 Å². The number of rotatable bonds is 6. The number of likely N-dealkylation sites (tertiary alicyclic amines) is 1. The maximum Gasteiger partial charge on any atom is 0.259 e. The largest absolute Gasteiger partial charge is 0.396 e. The summed E-state index contributed by atoms with van der Waals surface area (Å²) in [5.41, 5.74) is 2.36. The summed E-state index contributed by atoms with van der Waals surface area (Å²) >= 11 is 0. The zero-order chi connectivity index (χ0) is 18.6. The number of amides is 1. The molecule has 1 aromatic carbocycles. The Morgan fingerprint density at radius 2 is 2.12 bits per heavy atom. The van der Waals surface area contributed by atoms with Gasteiger partial charge in [-0.05, 0) is 44.6 Å². The van der Waals surface area contributed by atoms with E-state index in [1.807, 2.05) is 30.0 Å². The first kappa shape index (κ1) is 18.6. The second-order valence-corrected chi connectivity index (χ2v) is 7.39. The van der Waals surface area contributed by atoms with Crippen LogP contribution in [0.5, 0.6) is 0 Å². The molecule has 1 aliphatic rings. The molecule has 1 amide bonds. The second-order valence-electron chi connectivity index (χ2n) is 7.39. The summed E-state index contributed by atoms with van der Waals surface area (Å²) < 4.78 is 5.24. The first-order valence-corrected chi connectivity index (χ1v) is 9.48. The molecule has 140 valence electrons. The number of carbonyl (C=O) groups is 1. The zero-order valence-corrected chi connectivity index (χ0v) is 15.7. The molecule has 1 atom stereocenters. The van der Waals surface area contributed by atoms with Gasteiger partial charge in [0.05, 0.1) is 12.3 Å². The minimum Gasteiger partial charge on any atom is -0.396 e. The van der Waals surface area contributed by atoms with Crippen LogP contribution in [0.1, 0.15) is 53.6 Å². The van der Waals surface area contributed by atoms with Gasteiger partial charge >= 0.3 is 0 Å². The standard InChI is InChI=1S/C21H28N2O3/c1-3-18-19(16(2)26-22-18)20(25)23-13-7-11-21(14-23,15-24)12-10-17-8-5-4-6-9-17/h4-6,8-9,24H,3,7,10-15H2,1-2H3/t21-/m1/s1. The molecule has 0 aliphatic carbocycles. The Labute approximate surface area is 155 Å². The highest BCUT2D eigenvalue weighted by Crippen LogP contribution is 2.35. The van der Waals surface area contributed by atoms with Crippen molar-refractivity contribution in [2.75, 3.05) is 19.7 Å². The highest BCUT2D eigenvalue weighted by molar-refractivity contribution is 5.96. The first-order chi connectivity index (χ1) is 12.6. The summed E-state index contributed by atoms with van der Waals surface area (Å²) in [6.07, 6.45) is 4.32. The summed E-state index contributed by atoms with van der Waals surface area (Å²) in [5.74, 6) is 0.564. The van der Waals surface area contributed by atoms with E-state index in [0.717, 1.165) is 37.9 Å². The number of aryl methyl sites for hydroxylation is 3. The van der Waals surface area contributed by atoms with Crippen LogP contribution in [0.2, 0.25) is 0 Å². The van der Waals surface area contributed by atoms with Gasteiger partial charge in [-0.2, -0.15) is 0 Å². The average molecular weight is 356 g/mol. The van der Waals surface area contributed by atoms with E-state index in [1.54, 1.807) is 6.92 Å². The van der Waals surface area contributed by atoms with E-state index in [0.29, 0.717) is 24.3 Å². The highest BCUT2D eigenvalue weighted by Gasteiger charge is 2.38. The maximum atomic E-state index is 13.1. The molecule has 0 radical (unpaired) electrons. The predicted octanol–water partition coefficient (Wildman–Crippen LogP) is 3.39. The van der Waals surface area contributed by atoms with Crippen LogP contribution in [-0.4, -0.2) is 40.8 Å². The third-order valence-corrected chi connectivity index (χ3v) is 5.55. The Morgan fingerprint density at radius 1 is 1.35 bits per heavy atom. The molecule has 1 saturated heterocycles. The maximum absolute atomic E-state index is 13.1. The van der Waals surface area contributed by atoms with E-state index < -0.39 is 0 Å². The van der Waals surface area contributed by atoms with Crippen LogP contribution in [0.25, 0.3) is 0 Å². The van der Waals surface area contributed by atoms with E-state index in [4.69, 9.17) is 4.52 Å². The molecule has 3 rings (SSSR count). The molecule has 5 heteroatoms. The summed E-state index contributed by atoms with van der Waals surface area (Å²) in [6.45, 7) is 5.18. The van der Waals surface area contributed by atoms with Crippen LogP contribution >= 0.6 is 0 Å². The van der Waals surface area contributed by atoms with Crippen molar-refractivity contribution in [2.24, 2.45) is 5.41 Å². The molecule has 1 aromatic heterocycles. The summed E-state index contributed by atoms with van der Waals surface area (Å²) in [4.78, 5) is 15.0. The molecule has 1 N–H and O–H groups in total. The number of aliphatic hydroxyl groups is 1. The molecule has 1 aliphatic heterocycles. The first-order valence-electron chi connectivity index (χ1n) is 9.48. The summed E-state index contributed by atoms with van der Waals surface area (Å²) in [5, 5.41) is 14.1. The van der Waals surface area contributed by atoms with Gasteiger partial charge in [0.1, 0.15) is 11.3 Å². The fourth-order valence-electron chi connectivity index (χ4n) is 3.94. The normalized spacial score (nSPS) is 20.3. The Morgan fingerprint density at radius 3 is 2.81 bits per heavy atom. The number of aromatic nitrogens is 1. The molecule has 0 spiro atoms. The molecule has 0 unspecified atom stereocenters. The average Bonchev–Trinajstić information content (AvgIpc) is 3.07. The van der Waals surface area contributed by atoms with Crippen LogP contribution in [0.4, 0.5) is 0 Å². The summed E-state index contributed by atoms with van der Waals surface area (Å²) in [7, 11) is 0. The van der Waals surface area contributed by atoms with Gasteiger partial charge in [0.25, 0.3) is 5.91 Å². The SMILES string of the molecule is CCc1noc(C)c1C(=O)N1CCC[C@@](CO)(CCc2ccccc2)C1. The van der Waals surface area contributed by atoms with Crippen LogP contribution in [-0.2, 0) is 12.8 Å². The number of piperidine rings is 1. The van der Waals surface area contributed by atoms with Crippen LogP contribution in [0, 0.1) is 12.3 Å². The summed E-state index contributed by atoms with van der Waals surface area (Å²) in [6, 6.07) is 10.3. The van der Waals surface area contributed by atoms with E-state index in [9.17, 15) is 9.90 Å². The van der Waals surface area contributed by atoms with E-state index in [2.05, 4.69) is 17.3 Å². The second kappa shape index (κ2) is 8.04. The highest BCUT2D eigenvalue weighted by atomic mass is 16.5. The van der Waals surface area contributed by atoms with Crippen molar-refractivity contribution in [1.29, 1.82) is 0 Å². The number of carbonyl (C=O) groups excluding carboxylic acids is 1. The molecular weight excluding hydrogens is 328 g/mol. The minimum absolute atomic E-state index is 0.0159. The molecule has 5 nitrogen and oxygen atoms in total. The number of aliphatic hydroxyl groups excluding tert-OH is 1. The van der Waals surface area contributed by atoms with E-state index >= 15 is 0 Å². The van der Waals surface area contributed by atoms with Crippen molar-refractivity contribution in [3.8, 4) is 0 Å². The third-order valence-electron chi connectivity index (χ3n) is 5.55. The van der Waals surface area contributed by atoms with Gasteiger partial charge in [0, 0.05) is 18.5 Å². The molecule has 2 heterocycles. The van der Waals surface area contributed by atoms with Crippen LogP contribution < -0.4 is 0 Å². The van der Waals surface area contributed by atoms with Crippen molar-refractivity contribution in [3.63, 3.8) is 0 Å². The third kappa shape index (κ3) is 3.83. The smallest absolute Gasteiger partial charge is 0.259 e. The molecular formula is C21H28N2O3. The van der Waals surface area contributed by atoms with Crippen LogP contribution in [0.15, 0.2) is 34.9 Å². The topological polar surface area (TPSA) is 66.6 Å². The molecule has 0 saturated carbocycles. The molecule has 1 fully saturated rings. The van der Waals surface area contributed by atoms with Crippen molar-refractivity contribution in [3.05, 3.63) is 52.9 Å². The fourth-order valence-corrected chi connectivity index (χ4v) is 3.94. The van der Waals surface area contributed by atoms with Crippen molar-refractivity contribution in [1.82, 2.24) is 10.1 Å². The Kier molecular flexibility index (Phi) is 5.77. The Balaban J connectivity index is 1.74. The van der Waals surface area contributed by atoms with Gasteiger partial charge in [-0.15, -0.1) is 0 Å².